The van der Waals surface area contributed by atoms with Crippen LogP contribution in [0.25, 0.3) is 0 Å². The minimum atomic E-state index is -0.480. The quantitative estimate of drug-likeness (QED) is 0.708. The molecule has 3 atom stereocenters. The molecule has 2 bridgehead atoms. The highest BCUT2D eigenvalue weighted by Crippen LogP contribution is 2.39. The number of aromatic amines is 1. The van der Waals surface area contributed by atoms with Crippen molar-refractivity contribution in [2.24, 2.45) is 17.6 Å². The van der Waals surface area contributed by atoms with Crippen LogP contribution in [0.2, 0.25) is 0 Å². The fourth-order valence-electron chi connectivity index (χ4n) is 5.34. The van der Waals surface area contributed by atoms with Crippen molar-refractivity contribution in [2.45, 2.75) is 69.5 Å². The first-order chi connectivity index (χ1) is 13.5. The van der Waals surface area contributed by atoms with E-state index in [9.17, 15) is 14.4 Å². The molecule has 0 aromatic carbocycles. The number of likely N-dealkylation sites (tertiary alicyclic amines) is 1. The summed E-state index contributed by atoms with van der Waals surface area (Å²) in [4.78, 5) is 38.9. The maximum Gasteiger partial charge on any atom is 0.274 e. The second kappa shape index (κ2) is 8.03. The van der Waals surface area contributed by atoms with Crippen LogP contribution in [0.4, 0.5) is 0 Å². The monoisotopic (exact) mass is 387 g/mol. The first-order valence-electron chi connectivity index (χ1n) is 10.5. The minimum absolute atomic E-state index is 0.0603. The summed E-state index contributed by atoms with van der Waals surface area (Å²) >= 11 is 0. The zero-order chi connectivity index (χ0) is 19.7. The van der Waals surface area contributed by atoms with Crippen LogP contribution in [0.15, 0.2) is 16.9 Å². The van der Waals surface area contributed by atoms with Crippen molar-refractivity contribution in [1.82, 2.24) is 20.4 Å². The number of carbonyl (C=O) groups excluding carboxylic acids is 2. The van der Waals surface area contributed by atoms with Crippen LogP contribution in [-0.2, 0) is 4.79 Å². The molecule has 8 heteroatoms. The van der Waals surface area contributed by atoms with Crippen molar-refractivity contribution in [1.29, 1.82) is 0 Å². The van der Waals surface area contributed by atoms with Crippen molar-refractivity contribution < 1.29 is 9.59 Å². The minimum Gasteiger partial charge on any atom is -0.351 e. The zero-order valence-electron chi connectivity index (χ0n) is 16.1. The molecule has 1 saturated heterocycles. The van der Waals surface area contributed by atoms with Crippen LogP contribution < -0.4 is 16.6 Å². The summed E-state index contributed by atoms with van der Waals surface area (Å²) in [7, 11) is 0. The highest BCUT2D eigenvalue weighted by atomic mass is 16.2. The molecule has 3 unspecified atom stereocenters. The predicted octanol–water partition coefficient (Wildman–Crippen LogP) is 0.787. The predicted molar refractivity (Wildman–Crippen MR) is 104 cm³/mol. The molecule has 0 spiro atoms. The summed E-state index contributed by atoms with van der Waals surface area (Å²) in [6.45, 7) is 0.528. The molecule has 3 aliphatic rings. The SMILES string of the molecule is NC1CC2CCCC(C1)C2NC(=O)C1CCCCN1C(=O)c1ccc(=O)[nH]n1. The molecule has 1 aromatic heterocycles. The molecule has 2 saturated carbocycles. The Morgan fingerprint density at radius 1 is 1.11 bits per heavy atom. The van der Waals surface area contributed by atoms with Gasteiger partial charge >= 0.3 is 0 Å². The molecule has 2 heterocycles. The van der Waals surface area contributed by atoms with Crippen molar-refractivity contribution in [3.8, 4) is 0 Å². The number of carbonyl (C=O) groups is 2. The molecule has 4 rings (SSSR count). The fourth-order valence-corrected chi connectivity index (χ4v) is 5.34. The Morgan fingerprint density at radius 3 is 2.54 bits per heavy atom. The highest BCUT2D eigenvalue weighted by Gasteiger charge is 2.42. The molecule has 1 aliphatic heterocycles. The van der Waals surface area contributed by atoms with E-state index in [2.05, 4.69) is 15.5 Å². The normalized spacial score (nSPS) is 32.6. The summed E-state index contributed by atoms with van der Waals surface area (Å²) < 4.78 is 0. The van der Waals surface area contributed by atoms with Gasteiger partial charge in [-0.25, -0.2) is 5.10 Å². The number of H-pyrrole nitrogens is 1. The van der Waals surface area contributed by atoms with Crippen LogP contribution in [0.3, 0.4) is 0 Å². The van der Waals surface area contributed by atoms with E-state index in [0.29, 0.717) is 24.8 Å². The number of nitrogens with two attached hydrogens (primary N) is 1. The van der Waals surface area contributed by atoms with Gasteiger partial charge in [-0.15, -0.1) is 0 Å². The van der Waals surface area contributed by atoms with Crippen molar-refractivity contribution in [3.63, 3.8) is 0 Å². The van der Waals surface area contributed by atoms with Gasteiger partial charge < -0.3 is 16.0 Å². The molecule has 8 nitrogen and oxygen atoms in total. The van der Waals surface area contributed by atoms with E-state index >= 15 is 0 Å². The van der Waals surface area contributed by atoms with E-state index in [0.717, 1.165) is 38.5 Å². The highest BCUT2D eigenvalue weighted by molar-refractivity contribution is 5.96. The molecular weight excluding hydrogens is 358 g/mol. The zero-order valence-corrected chi connectivity index (χ0v) is 16.1. The number of amides is 2. The number of hydrogen-bond acceptors (Lipinski definition) is 5. The Morgan fingerprint density at radius 2 is 1.86 bits per heavy atom. The summed E-state index contributed by atoms with van der Waals surface area (Å²) in [6, 6.07) is 2.63. The van der Waals surface area contributed by atoms with Gasteiger partial charge in [0.05, 0.1) is 0 Å². The molecule has 28 heavy (non-hydrogen) atoms. The van der Waals surface area contributed by atoms with E-state index in [4.69, 9.17) is 5.73 Å². The Labute approximate surface area is 164 Å². The molecular formula is C20H29N5O3. The van der Waals surface area contributed by atoms with E-state index in [1.165, 1.54) is 18.6 Å². The van der Waals surface area contributed by atoms with E-state index < -0.39 is 6.04 Å². The summed E-state index contributed by atoms with van der Waals surface area (Å²) in [5.41, 5.74) is 6.01. The topological polar surface area (TPSA) is 121 Å². The van der Waals surface area contributed by atoms with Gasteiger partial charge in [-0.2, -0.15) is 5.10 Å². The van der Waals surface area contributed by atoms with Gasteiger partial charge in [0.2, 0.25) is 5.91 Å². The van der Waals surface area contributed by atoms with Gasteiger partial charge in [0.15, 0.2) is 0 Å². The molecule has 0 radical (unpaired) electrons. The van der Waals surface area contributed by atoms with Crippen LogP contribution in [0, 0.1) is 11.8 Å². The van der Waals surface area contributed by atoms with Gasteiger partial charge in [-0.3, -0.25) is 14.4 Å². The fraction of sp³-hybridized carbons (Fsp3) is 0.700. The average Bonchev–Trinajstić information content (AvgIpc) is 2.68. The number of aromatic nitrogens is 2. The van der Waals surface area contributed by atoms with E-state index in [1.807, 2.05) is 0 Å². The second-order valence-electron chi connectivity index (χ2n) is 8.53. The first kappa shape index (κ1) is 19.1. The van der Waals surface area contributed by atoms with E-state index in [1.54, 1.807) is 4.90 Å². The molecule has 1 aromatic rings. The largest absolute Gasteiger partial charge is 0.351 e. The molecule has 152 valence electrons. The van der Waals surface area contributed by atoms with Crippen molar-refractivity contribution >= 4 is 11.8 Å². The van der Waals surface area contributed by atoms with Gasteiger partial charge in [-0.05, 0) is 62.8 Å². The Hall–Kier alpha value is -2.22. The standard InChI is InChI=1S/C20H29N5O3/c21-14-10-12-4-3-5-13(11-14)18(12)22-19(27)16-6-1-2-9-25(16)20(28)15-7-8-17(26)24-23-15/h7-8,12-14,16,18H,1-6,9-11,21H2,(H,22,27)(H,24,26). The number of hydrogen-bond donors (Lipinski definition) is 3. The molecule has 2 aliphatic carbocycles. The summed E-state index contributed by atoms with van der Waals surface area (Å²) in [6.07, 6.45) is 7.81. The molecule has 4 N–H and O–H groups in total. The molecule has 3 fully saturated rings. The van der Waals surface area contributed by atoms with Gasteiger partial charge in [0, 0.05) is 24.7 Å². The van der Waals surface area contributed by atoms with Crippen LogP contribution in [0.5, 0.6) is 0 Å². The lowest BCUT2D eigenvalue weighted by atomic mass is 9.67. The average molecular weight is 387 g/mol. The maximum absolute atomic E-state index is 13.2. The van der Waals surface area contributed by atoms with Crippen molar-refractivity contribution in [2.75, 3.05) is 6.54 Å². The third-order valence-electron chi connectivity index (χ3n) is 6.65. The lowest BCUT2D eigenvalue weighted by Crippen LogP contribution is -2.59. The number of nitrogens with zero attached hydrogens (tertiary/aromatic N) is 2. The smallest absolute Gasteiger partial charge is 0.274 e. The van der Waals surface area contributed by atoms with Gasteiger partial charge in [0.25, 0.3) is 11.5 Å². The lowest BCUT2D eigenvalue weighted by Gasteiger charge is -2.46. The Bertz CT molecular complexity index is 760. The van der Waals surface area contributed by atoms with Gasteiger partial charge in [0.1, 0.15) is 11.7 Å². The lowest BCUT2D eigenvalue weighted by molar-refractivity contribution is -0.129. The Kier molecular flexibility index (Phi) is 5.48. The van der Waals surface area contributed by atoms with Crippen LogP contribution >= 0.6 is 0 Å². The summed E-state index contributed by atoms with van der Waals surface area (Å²) in [5, 5.41) is 9.43. The number of rotatable bonds is 3. The summed E-state index contributed by atoms with van der Waals surface area (Å²) in [5.74, 6) is 0.525. The third-order valence-corrected chi connectivity index (χ3v) is 6.65. The number of piperidine rings is 1. The number of fused-ring (bicyclic) bond motifs is 2. The third kappa shape index (κ3) is 3.83. The molecule has 2 amide bonds. The number of nitrogens with one attached hydrogen (secondary N) is 2. The van der Waals surface area contributed by atoms with Crippen LogP contribution in [0.1, 0.15) is 61.9 Å². The van der Waals surface area contributed by atoms with Gasteiger partial charge in [-0.1, -0.05) is 6.42 Å². The van der Waals surface area contributed by atoms with Crippen LogP contribution in [-0.4, -0.2) is 51.6 Å². The van der Waals surface area contributed by atoms with E-state index in [-0.39, 0.29) is 35.2 Å². The maximum atomic E-state index is 13.2. The van der Waals surface area contributed by atoms with Crippen molar-refractivity contribution in [3.05, 3.63) is 28.2 Å². The second-order valence-corrected chi connectivity index (χ2v) is 8.53. The Balaban J connectivity index is 1.48. The first-order valence-corrected chi connectivity index (χ1v) is 10.5.